The van der Waals surface area contributed by atoms with Gasteiger partial charge < -0.3 is 15.2 Å². The Kier molecular flexibility index (Phi) is 4.44. The molecule has 0 radical (unpaired) electrons. The van der Waals surface area contributed by atoms with Gasteiger partial charge in [-0.3, -0.25) is 0 Å². The summed E-state index contributed by atoms with van der Waals surface area (Å²) in [5, 5.41) is 11.6. The molecule has 2 aromatic rings. The highest BCUT2D eigenvalue weighted by atomic mass is 19.4. The Labute approximate surface area is 128 Å². The summed E-state index contributed by atoms with van der Waals surface area (Å²) in [7, 11) is 1.25. The number of anilines is 2. The van der Waals surface area contributed by atoms with Crippen molar-refractivity contribution in [2.75, 3.05) is 12.4 Å². The van der Waals surface area contributed by atoms with Gasteiger partial charge in [-0.2, -0.15) is 13.2 Å². The highest BCUT2D eigenvalue weighted by molar-refractivity contribution is 5.95. The summed E-state index contributed by atoms with van der Waals surface area (Å²) in [5.74, 6) is -1.98. The molecular weight excluding hydrogens is 318 g/mol. The third-order valence-corrected chi connectivity index (χ3v) is 3.01. The second-order valence-electron chi connectivity index (χ2n) is 4.53. The topological polar surface area (TPSA) is 58.6 Å². The Bertz CT molecular complexity index is 744. The zero-order valence-corrected chi connectivity index (χ0v) is 11.7. The van der Waals surface area contributed by atoms with E-state index in [1.54, 1.807) is 0 Å². The van der Waals surface area contributed by atoms with Crippen LogP contribution in [-0.4, -0.2) is 18.2 Å². The van der Waals surface area contributed by atoms with Crippen LogP contribution in [-0.2, 0) is 6.18 Å². The van der Waals surface area contributed by atoms with E-state index in [4.69, 9.17) is 9.84 Å². The Morgan fingerprint density at radius 2 is 1.83 bits per heavy atom. The van der Waals surface area contributed by atoms with Gasteiger partial charge in [0.1, 0.15) is 11.6 Å². The van der Waals surface area contributed by atoms with E-state index in [1.807, 2.05) is 0 Å². The van der Waals surface area contributed by atoms with Crippen LogP contribution in [0.3, 0.4) is 0 Å². The highest BCUT2D eigenvalue weighted by Crippen LogP contribution is 2.35. The summed E-state index contributed by atoms with van der Waals surface area (Å²) in [6, 6.07) is 5.53. The van der Waals surface area contributed by atoms with E-state index in [0.717, 1.165) is 18.2 Å². The van der Waals surface area contributed by atoms with Gasteiger partial charge >= 0.3 is 12.1 Å². The predicted molar refractivity (Wildman–Crippen MR) is 74.6 cm³/mol. The summed E-state index contributed by atoms with van der Waals surface area (Å²) in [5.41, 5.74) is -1.51. The Hall–Kier alpha value is -2.77. The zero-order chi connectivity index (χ0) is 17.2. The Morgan fingerprint density at radius 1 is 1.13 bits per heavy atom. The molecule has 4 nitrogen and oxygen atoms in total. The molecule has 23 heavy (non-hydrogen) atoms. The fraction of sp³-hybridized carbons (Fsp3) is 0.133. The molecule has 0 spiro atoms. The fourth-order valence-electron chi connectivity index (χ4n) is 1.92. The van der Waals surface area contributed by atoms with Gasteiger partial charge in [-0.15, -0.1) is 0 Å². The van der Waals surface area contributed by atoms with Crippen molar-refractivity contribution in [2.24, 2.45) is 0 Å². The van der Waals surface area contributed by atoms with Crippen LogP contribution in [0.2, 0.25) is 0 Å². The van der Waals surface area contributed by atoms with Crippen LogP contribution in [0.15, 0.2) is 36.4 Å². The van der Waals surface area contributed by atoms with Crippen molar-refractivity contribution in [1.29, 1.82) is 0 Å². The van der Waals surface area contributed by atoms with Crippen LogP contribution in [0.25, 0.3) is 0 Å². The average molecular weight is 329 g/mol. The first kappa shape index (κ1) is 16.6. The van der Waals surface area contributed by atoms with E-state index >= 15 is 0 Å². The molecule has 0 fully saturated rings. The molecule has 0 heterocycles. The van der Waals surface area contributed by atoms with Crippen LogP contribution in [0.1, 0.15) is 15.9 Å². The maximum Gasteiger partial charge on any atom is 0.416 e. The summed E-state index contributed by atoms with van der Waals surface area (Å²) in [6.07, 6.45) is -4.62. The Morgan fingerprint density at radius 3 is 2.39 bits per heavy atom. The maximum absolute atomic E-state index is 13.2. The van der Waals surface area contributed by atoms with E-state index in [1.165, 1.54) is 13.2 Å². The number of nitrogens with one attached hydrogen (secondary N) is 1. The number of halogens is 4. The summed E-state index contributed by atoms with van der Waals surface area (Å²) in [4.78, 5) is 11.2. The molecule has 8 heteroatoms. The van der Waals surface area contributed by atoms with Gasteiger partial charge in [0.15, 0.2) is 0 Å². The minimum absolute atomic E-state index is 0.0266. The van der Waals surface area contributed by atoms with Crippen molar-refractivity contribution in [3.63, 3.8) is 0 Å². The number of hydrogen-bond donors (Lipinski definition) is 2. The van der Waals surface area contributed by atoms with Crippen molar-refractivity contribution in [2.45, 2.75) is 6.18 Å². The van der Waals surface area contributed by atoms with Gasteiger partial charge in [0, 0.05) is 6.07 Å². The van der Waals surface area contributed by atoms with Crippen molar-refractivity contribution < 1.29 is 32.2 Å². The molecule has 0 saturated heterocycles. The summed E-state index contributed by atoms with van der Waals surface area (Å²) >= 11 is 0. The lowest BCUT2D eigenvalue weighted by molar-refractivity contribution is -0.137. The fourth-order valence-corrected chi connectivity index (χ4v) is 1.92. The molecule has 0 saturated carbocycles. The molecular formula is C15H11F4NO3. The molecule has 0 aliphatic heterocycles. The van der Waals surface area contributed by atoms with E-state index in [0.29, 0.717) is 12.1 Å². The Balaban J connectivity index is 2.51. The number of aromatic carboxylic acids is 1. The number of alkyl halides is 3. The molecule has 0 unspecified atom stereocenters. The van der Waals surface area contributed by atoms with Crippen molar-refractivity contribution in [1.82, 2.24) is 0 Å². The minimum atomic E-state index is -4.62. The lowest BCUT2D eigenvalue weighted by Crippen LogP contribution is -2.09. The standard InChI is InChI=1S/C15H11F4NO3/c1-23-13-7-9(16)3-5-11(13)20-12-6-8(15(17,18)19)2-4-10(12)14(21)22/h2-7,20H,1H3,(H,21,22). The molecule has 2 rings (SSSR count). The second-order valence-corrected chi connectivity index (χ2v) is 4.53. The monoisotopic (exact) mass is 329 g/mol. The zero-order valence-electron chi connectivity index (χ0n) is 11.7. The van der Waals surface area contributed by atoms with Crippen LogP contribution in [0.4, 0.5) is 28.9 Å². The van der Waals surface area contributed by atoms with Gasteiger partial charge in [0.2, 0.25) is 0 Å². The van der Waals surface area contributed by atoms with Crippen LogP contribution in [0.5, 0.6) is 5.75 Å². The van der Waals surface area contributed by atoms with Gasteiger partial charge in [0.05, 0.1) is 29.6 Å². The maximum atomic E-state index is 13.2. The molecule has 0 atom stereocenters. The molecule has 0 aliphatic carbocycles. The molecule has 0 bridgehead atoms. The largest absolute Gasteiger partial charge is 0.494 e. The van der Waals surface area contributed by atoms with Crippen LogP contribution < -0.4 is 10.1 Å². The van der Waals surface area contributed by atoms with Crippen LogP contribution in [0, 0.1) is 5.82 Å². The second kappa shape index (κ2) is 6.15. The van der Waals surface area contributed by atoms with E-state index in [2.05, 4.69) is 5.32 Å². The third kappa shape index (κ3) is 3.71. The average Bonchev–Trinajstić information content (AvgIpc) is 2.47. The minimum Gasteiger partial charge on any atom is -0.494 e. The lowest BCUT2D eigenvalue weighted by Gasteiger charge is -2.15. The van der Waals surface area contributed by atoms with Crippen molar-refractivity contribution >= 4 is 17.3 Å². The molecule has 0 aliphatic rings. The highest BCUT2D eigenvalue weighted by Gasteiger charge is 2.31. The summed E-state index contributed by atoms with van der Waals surface area (Å²) in [6.45, 7) is 0. The van der Waals surface area contributed by atoms with Crippen molar-refractivity contribution in [3.05, 3.63) is 53.3 Å². The molecule has 0 amide bonds. The normalized spacial score (nSPS) is 11.2. The quantitative estimate of drug-likeness (QED) is 0.822. The van der Waals surface area contributed by atoms with Gasteiger partial charge in [-0.05, 0) is 30.3 Å². The molecule has 0 aromatic heterocycles. The SMILES string of the molecule is COc1cc(F)ccc1Nc1cc(C(F)(F)F)ccc1C(=O)O. The summed E-state index contributed by atoms with van der Waals surface area (Å²) < 4.78 is 56.4. The van der Waals surface area contributed by atoms with Gasteiger partial charge in [-0.1, -0.05) is 0 Å². The number of carboxylic acid groups (broad SMARTS) is 1. The van der Waals surface area contributed by atoms with E-state index < -0.39 is 23.5 Å². The predicted octanol–water partition coefficient (Wildman–Crippen LogP) is 4.29. The first-order valence-electron chi connectivity index (χ1n) is 6.27. The van der Waals surface area contributed by atoms with Crippen molar-refractivity contribution in [3.8, 4) is 5.75 Å². The first-order chi connectivity index (χ1) is 10.7. The van der Waals surface area contributed by atoms with E-state index in [-0.39, 0.29) is 22.7 Å². The number of methoxy groups -OCH3 is 1. The number of ether oxygens (including phenoxy) is 1. The molecule has 2 N–H and O–H groups in total. The molecule has 122 valence electrons. The number of carbonyl (C=O) groups is 1. The lowest BCUT2D eigenvalue weighted by atomic mass is 10.1. The first-order valence-corrected chi connectivity index (χ1v) is 6.27. The van der Waals surface area contributed by atoms with E-state index in [9.17, 15) is 22.4 Å². The van der Waals surface area contributed by atoms with Crippen LogP contribution >= 0.6 is 0 Å². The number of benzene rings is 2. The number of rotatable bonds is 4. The third-order valence-electron chi connectivity index (χ3n) is 3.01. The number of hydrogen-bond acceptors (Lipinski definition) is 3. The smallest absolute Gasteiger partial charge is 0.416 e. The number of carboxylic acids is 1. The molecule has 2 aromatic carbocycles. The van der Waals surface area contributed by atoms with Gasteiger partial charge in [-0.25, -0.2) is 9.18 Å². The van der Waals surface area contributed by atoms with Gasteiger partial charge in [0.25, 0.3) is 0 Å².